The second-order valence-corrected chi connectivity index (χ2v) is 5.57. The topological polar surface area (TPSA) is 71.1 Å². The third-order valence-electron chi connectivity index (χ3n) is 3.97. The summed E-state index contributed by atoms with van der Waals surface area (Å²) >= 11 is 0. The summed E-state index contributed by atoms with van der Waals surface area (Å²) in [7, 11) is 0. The van der Waals surface area contributed by atoms with Gasteiger partial charge in [0.2, 0.25) is 5.88 Å². The quantitative estimate of drug-likeness (QED) is 0.939. The van der Waals surface area contributed by atoms with Crippen LogP contribution in [0.15, 0.2) is 24.5 Å². The second kappa shape index (κ2) is 6.17. The van der Waals surface area contributed by atoms with Crippen LogP contribution < -0.4 is 4.74 Å². The van der Waals surface area contributed by atoms with E-state index in [0.29, 0.717) is 24.5 Å². The van der Waals surface area contributed by atoms with Crippen molar-refractivity contribution in [2.45, 2.75) is 39.3 Å². The fraction of sp³-hybridized carbons (Fsp3) is 0.438. The van der Waals surface area contributed by atoms with Crippen LogP contribution in [0.5, 0.6) is 5.88 Å². The molecule has 3 heterocycles. The van der Waals surface area contributed by atoms with Crippen LogP contribution in [0.2, 0.25) is 0 Å². The molecule has 0 bridgehead atoms. The highest BCUT2D eigenvalue weighted by Gasteiger charge is 2.23. The van der Waals surface area contributed by atoms with E-state index in [1.807, 2.05) is 11.8 Å². The minimum absolute atomic E-state index is 0.00301. The van der Waals surface area contributed by atoms with E-state index in [2.05, 4.69) is 22.1 Å². The number of nitrogens with zero attached hydrogens (tertiary/aromatic N) is 3. The minimum Gasteiger partial charge on any atom is -0.475 e. The van der Waals surface area contributed by atoms with Crippen LogP contribution >= 0.6 is 0 Å². The second-order valence-electron chi connectivity index (χ2n) is 5.57. The van der Waals surface area contributed by atoms with Crippen molar-refractivity contribution in [3.8, 4) is 5.88 Å². The molecule has 116 valence electrons. The average Bonchev–Trinajstić information content (AvgIpc) is 3.01. The molecule has 6 nitrogen and oxygen atoms in total. The summed E-state index contributed by atoms with van der Waals surface area (Å²) in [6.07, 6.45) is 5.20. The molecule has 1 atom stereocenters. The van der Waals surface area contributed by atoms with Crippen LogP contribution in [0.4, 0.5) is 0 Å². The first kappa shape index (κ1) is 14.6. The van der Waals surface area contributed by atoms with E-state index >= 15 is 0 Å². The zero-order valence-electron chi connectivity index (χ0n) is 12.9. The zero-order chi connectivity index (χ0) is 15.5. The monoisotopic (exact) mass is 300 g/mol. The first-order valence-electron chi connectivity index (χ1n) is 7.60. The van der Waals surface area contributed by atoms with Crippen LogP contribution in [-0.4, -0.2) is 38.6 Å². The Hall–Kier alpha value is -2.37. The predicted molar refractivity (Wildman–Crippen MR) is 81.7 cm³/mol. The van der Waals surface area contributed by atoms with Crippen molar-refractivity contribution in [2.24, 2.45) is 0 Å². The maximum atomic E-state index is 12.7. The number of pyridine rings is 1. The Balaban J connectivity index is 1.74. The minimum atomic E-state index is 0.00301. The van der Waals surface area contributed by atoms with Gasteiger partial charge in [0.25, 0.3) is 5.91 Å². The Labute approximate surface area is 129 Å². The molecule has 0 unspecified atom stereocenters. The van der Waals surface area contributed by atoms with Gasteiger partial charge in [0.15, 0.2) is 0 Å². The van der Waals surface area contributed by atoms with Gasteiger partial charge in [-0.2, -0.15) is 5.10 Å². The lowest BCUT2D eigenvalue weighted by Gasteiger charge is -2.26. The van der Waals surface area contributed by atoms with Gasteiger partial charge in [0.1, 0.15) is 0 Å². The van der Waals surface area contributed by atoms with Gasteiger partial charge in [0, 0.05) is 48.6 Å². The summed E-state index contributed by atoms with van der Waals surface area (Å²) in [6.45, 7) is 5.32. The molecule has 1 amide bonds. The first-order valence-corrected chi connectivity index (χ1v) is 7.60. The Morgan fingerprint density at radius 1 is 1.55 bits per heavy atom. The Morgan fingerprint density at radius 2 is 2.41 bits per heavy atom. The van der Waals surface area contributed by atoms with Crippen molar-refractivity contribution < 1.29 is 9.53 Å². The number of ether oxygens (including phenoxy) is 1. The fourth-order valence-electron chi connectivity index (χ4n) is 2.47. The van der Waals surface area contributed by atoms with E-state index in [0.717, 1.165) is 24.1 Å². The predicted octanol–water partition coefficient (Wildman–Crippen LogP) is 2.18. The van der Waals surface area contributed by atoms with Crippen LogP contribution in [0.25, 0.3) is 0 Å². The summed E-state index contributed by atoms with van der Waals surface area (Å²) in [5.74, 6) is 0.504. The zero-order valence-corrected chi connectivity index (χ0v) is 12.9. The highest BCUT2D eigenvalue weighted by molar-refractivity contribution is 5.94. The third kappa shape index (κ3) is 2.95. The molecule has 0 fully saturated rings. The molecule has 0 spiro atoms. The molecule has 3 rings (SSSR count). The van der Waals surface area contributed by atoms with Gasteiger partial charge in [-0.25, -0.2) is 4.98 Å². The van der Waals surface area contributed by atoms with Gasteiger partial charge in [-0.15, -0.1) is 0 Å². The molecule has 1 N–H and O–H groups in total. The Bertz CT molecular complexity index is 668. The molecule has 1 aliphatic heterocycles. The van der Waals surface area contributed by atoms with E-state index in [1.165, 1.54) is 0 Å². The van der Waals surface area contributed by atoms with E-state index in [9.17, 15) is 4.79 Å². The lowest BCUT2D eigenvalue weighted by Crippen LogP contribution is -2.35. The summed E-state index contributed by atoms with van der Waals surface area (Å²) in [6, 6.07) is 3.45. The summed E-state index contributed by atoms with van der Waals surface area (Å²) in [5.41, 5.74) is 2.82. The highest BCUT2D eigenvalue weighted by Crippen LogP contribution is 2.20. The molecule has 2 aromatic rings. The molecule has 0 aromatic carbocycles. The van der Waals surface area contributed by atoms with Crippen molar-refractivity contribution in [3.05, 3.63) is 41.3 Å². The van der Waals surface area contributed by atoms with Gasteiger partial charge in [-0.3, -0.25) is 9.89 Å². The number of hydrogen-bond donors (Lipinski definition) is 1. The molecule has 0 saturated carbocycles. The van der Waals surface area contributed by atoms with E-state index < -0.39 is 0 Å². The molecular weight excluding hydrogens is 280 g/mol. The van der Waals surface area contributed by atoms with Crippen LogP contribution in [0.1, 0.15) is 41.9 Å². The molecule has 0 saturated heterocycles. The lowest BCUT2D eigenvalue weighted by atomic mass is 10.1. The van der Waals surface area contributed by atoms with Gasteiger partial charge < -0.3 is 9.64 Å². The molecule has 0 radical (unpaired) electrons. The van der Waals surface area contributed by atoms with Crippen LogP contribution in [0.3, 0.4) is 0 Å². The number of nitrogens with one attached hydrogen (secondary N) is 1. The van der Waals surface area contributed by atoms with Crippen molar-refractivity contribution in [2.75, 3.05) is 6.54 Å². The van der Waals surface area contributed by atoms with Gasteiger partial charge in [-0.1, -0.05) is 6.92 Å². The maximum absolute atomic E-state index is 12.7. The van der Waals surface area contributed by atoms with Crippen molar-refractivity contribution in [3.63, 3.8) is 0 Å². The highest BCUT2D eigenvalue weighted by atomic mass is 16.5. The standard InChI is InChI=1S/C16H20N4O2/c1-3-11(2)22-15-8-12(4-6-17-15)16(21)20-7-5-14-13(10-20)9-18-19-14/h4,6,8-9,11H,3,5,7,10H2,1-2H3,(H,18,19)/t11-/m0/s1. The third-order valence-corrected chi connectivity index (χ3v) is 3.97. The molecular formula is C16H20N4O2. The van der Waals surface area contributed by atoms with Crippen molar-refractivity contribution >= 4 is 5.91 Å². The van der Waals surface area contributed by atoms with Crippen LogP contribution in [-0.2, 0) is 13.0 Å². The molecule has 22 heavy (non-hydrogen) atoms. The van der Waals surface area contributed by atoms with Crippen molar-refractivity contribution in [1.82, 2.24) is 20.1 Å². The number of hydrogen-bond acceptors (Lipinski definition) is 4. The number of aromatic nitrogens is 3. The van der Waals surface area contributed by atoms with Crippen LogP contribution in [0, 0.1) is 0 Å². The smallest absolute Gasteiger partial charge is 0.254 e. The normalized spacial score (nSPS) is 15.3. The summed E-state index contributed by atoms with van der Waals surface area (Å²) in [5, 5.41) is 7.01. The van der Waals surface area contributed by atoms with Crippen molar-refractivity contribution in [1.29, 1.82) is 0 Å². The number of fused-ring (bicyclic) bond motifs is 1. The first-order chi connectivity index (χ1) is 10.7. The van der Waals surface area contributed by atoms with Gasteiger partial charge in [-0.05, 0) is 19.4 Å². The lowest BCUT2D eigenvalue weighted by molar-refractivity contribution is 0.0733. The summed E-state index contributed by atoms with van der Waals surface area (Å²) < 4.78 is 5.69. The largest absolute Gasteiger partial charge is 0.475 e. The van der Waals surface area contributed by atoms with E-state index in [1.54, 1.807) is 24.5 Å². The molecule has 6 heteroatoms. The molecule has 0 aliphatic carbocycles. The van der Waals surface area contributed by atoms with Gasteiger partial charge in [0.05, 0.1) is 12.3 Å². The average molecular weight is 300 g/mol. The Morgan fingerprint density at radius 3 is 3.23 bits per heavy atom. The molecule has 2 aromatic heterocycles. The Kier molecular flexibility index (Phi) is 4.09. The van der Waals surface area contributed by atoms with E-state index in [4.69, 9.17) is 4.74 Å². The number of H-pyrrole nitrogens is 1. The number of rotatable bonds is 4. The maximum Gasteiger partial charge on any atom is 0.254 e. The number of carbonyl (C=O) groups excluding carboxylic acids is 1. The number of aromatic amines is 1. The number of carbonyl (C=O) groups is 1. The number of amides is 1. The summed E-state index contributed by atoms with van der Waals surface area (Å²) in [4.78, 5) is 18.7. The van der Waals surface area contributed by atoms with E-state index in [-0.39, 0.29) is 12.0 Å². The SMILES string of the molecule is CC[C@H](C)Oc1cc(C(=O)N2CCc3[nH]ncc3C2)ccn1. The molecule has 1 aliphatic rings. The van der Waals surface area contributed by atoms with Gasteiger partial charge >= 0.3 is 0 Å². The fourth-order valence-corrected chi connectivity index (χ4v) is 2.47.